The van der Waals surface area contributed by atoms with E-state index in [2.05, 4.69) is 22.6 Å². The minimum Gasteiger partial charge on any atom is -0.357 e. The van der Waals surface area contributed by atoms with Crippen molar-refractivity contribution in [1.29, 1.82) is 0 Å². The van der Waals surface area contributed by atoms with E-state index in [1.54, 1.807) is 0 Å². The molecule has 3 rings (SSSR count). The zero-order valence-corrected chi connectivity index (χ0v) is 12.2. The van der Waals surface area contributed by atoms with Crippen LogP contribution in [0.3, 0.4) is 0 Å². The molecular weight excluding hydrogens is 252 g/mol. The lowest BCUT2D eigenvalue weighted by molar-refractivity contribution is 0.0965. The number of amides is 1. The van der Waals surface area contributed by atoms with E-state index < -0.39 is 0 Å². The average molecular weight is 274 g/mol. The summed E-state index contributed by atoms with van der Waals surface area (Å²) in [6.45, 7) is 1.30. The second kappa shape index (κ2) is 5.40. The fourth-order valence-electron chi connectivity index (χ4n) is 3.25. The molecule has 2 N–H and O–H groups in total. The summed E-state index contributed by atoms with van der Waals surface area (Å²) in [5, 5.41) is 6.04. The van der Waals surface area contributed by atoms with E-state index >= 15 is 0 Å². The Hall–Kier alpha value is -1.62. The van der Waals surface area contributed by atoms with Crippen LogP contribution in [0.2, 0.25) is 0 Å². The van der Waals surface area contributed by atoms with Gasteiger partial charge >= 0.3 is 0 Å². The van der Waals surface area contributed by atoms with E-state index in [1.165, 1.54) is 25.7 Å². The molecule has 1 aliphatic heterocycles. The predicted molar refractivity (Wildman–Crippen MR) is 78.8 cm³/mol. The van der Waals surface area contributed by atoms with Gasteiger partial charge in [0, 0.05) is 37.3 Å². The number of fused-ring (bicyclic) bond motifs is 1. The van der Waals surface area contributed by atoms with Gasteiger partial charge in [0.15, 0.2) is 0 Å². The largest absolute Gasteiger partial charge is 0.357 e. The van der Waals surface area contributed by atoms with Crippen LogP contribution in [-0.4, -0.2) is 31.0 Å². The smallest absolute Gasteiger partial charge is 0.252 e. The highest BCUT2D eigenvalue weighted by molar-refractivity contribution is 5.99. The van der Waals surface area contributed by atoms with E-state index in [4.69, 9.17) is 4.98 Å². The number of aromatic nitrogens is 1. The second-order valence-corrected chi connectivity index (χ2v) is 5.72. The Balaban J connectivity index is 1.96. The van der Waals surface area contributed by atoms with E-state index in [0.717, 1.165) is 22.6 Å². The predicted octanol–water partition coefficient (Wildman–Crippen LogP) is 1.42. The summed E-state index contributed by atoms with van der Waals surface area (Å²) in [6, 6.07) is 2.52. The first kappa shape index (κ1) is 13.4. The summed E-state index contributed by atoms with van der Waals surface area (Å²) in [7, 11) is 4.01. The summed E-state index contributed by atoms with van der Waals surface area (Å²) < 4.78 is 0. The monoisotopic (exact) mass is 274 g/mol. The molecule has 1 amide bonds. The number of carbonyl (C=O) groups is 1. The maximum absolute atomic E-state index is 11.9. The van der Waals surface area contributed by atoms with Crippen LogP contribution in [0.1, 0.15) is 47.3 Å². The molecule has 0 spiro atoms. The number of carbonyl (C=O) groups excluding carboxylic acids is 1. The summed E-state index contributed by atoms with van der Waals surface area (Å²) in [5.74, 6) is 0.957. The second-order valence-electron chi connectivity index (χ2n) is 5.72. The number of hydrogen-bond acceptors (Lipinski definition) is 4. The van der Waals surface area contributed by atoms with Gasteiger partial charge in [0.05, 0.1) is 5.69 Å². The molecule has 20 heavy (non-hydrogen) atoms. The molecule has 0 aromatic carbocycles. The minimum atomic E-state index is 0.0285. The van der Waals surface area contributed by atoms with Crippen LogP contribution in [0, 0.1) is 0 Å². The first-order chi connectivity index (χ1) is 9.70. The van der Waals surface area contributed by atoms with Gasteiger partial charge in [-0.15, -0.1) is 0 Å². The molecule has 1 aliphatic carbocycles. The number of nitrogens with one attached hydrogen (secondary N) is 2. The van der Waals surface area contributed by atoms with Gasteiger partial charge in [0.1, 0.15) is 5.82 Å². The summed E-state index contributed by atoms with van der Waals surface area (Å²) in [4.78, 5) is 19.0. The maximum Gasteiger partial charge on any atom is 0.252 e. The van der Waals surface area contributed by atoms with Gasteiger partial charge in [-0.05, 0) is 26.0 Å². The van der Waals surface area contributed by atoms with E-state index in [1.807, 2.05) is 13.1 Å². The Kier molecular flexibility index (Phi) is 3.61. The van der Waals surface area contributed by atoms with Crippen LogP contribution in [0.25, 0.3) is 0 Å². The third kappa shape index (κ3) is 2.26. The van der Waals surface area contributed by atoms with Gasteiger partial charge in [-0.2, -0.15) is 0 Å². The normalized spacial score (nSPS) is 18.2. The van der Waals surface area contributed by atoms with Crippen LogP contribution in [0.15, 0.2) is 6.07 Å². The third-order valence-electron chi connectivity index (χ3n) is 4.44. The summed E-state index contributed by atoms with van der Waals surface area (Å²) >= 11 is 0. The van der Waals surface area contributed by atoms with Crippen molar-refractivity contribution in [3.8, 4) is 0 Å². The maximum atomic E-state index is 11.9. The molecule has 1 fully saturated rings. The molecular formula is C15H22N4O. The standard InChI is InChI=1S/C15H22N4O/c1-16-9-13-12-8-17-15(20)11(12)7-14(18-13)19(2)10-5-3-4-6-10/h7,10,16H,3-6,8-9H2,1-2H3,(H,17,20). The molecule has 1 aromatic heterocycles. The van der Waals surface area contributed by atoms with E-state index in [0.29, 0.717) is 19.1 Å². The number of nitrogens with zero attached hydrogens (tertiary/aromatic N) is 2. The van der Waals surface area contributed by atoms with Crippen LogP contribution < -0.4 is 15.5 Å². The van der Waals surface area contributed by atoms with E-state index in [-0.39, 0.29) is 5.91 Å². The molecule has 0 radical (unpaired) electrons. The lowest BCUT2D eigenvalue weighted by Crippen LogP contribution is -2.30. The quantitative estimate of drug-likeness (QED) is 0.872. The number of hydrogen-bond donors (Lipinski definition) is 2. The van der Waals surface area contributed by atoms with Crippen molar-refractivity contribution in [3.63, 3.8) is 0 Å². The van der Waals surface area contributed by atoms with Crippen molar-refractivity contribution < 1.29 is 4.79 Å². The first-order valence-electron chi connectivity index (χ1n) is 7.39. The highest BCUT2D eigenvalue weighted by Gasteiger charge is 2.27. The number of anilines is 1. The zero-order chi connectivity index (χ0) is 14.1. The molecule has 5 heteroatoms. The molecule has 0 bridgehead atoms. The van der Waals surface area contributed by atoms with Crippen LogP contribution in [0.4, 0.5) is 5.82 Å². The number of pyridine rings is 1. The lowest BCUT2D eigenvalue weighted by Gasteiger charge is -2.26. The van der Waals surface area contributed by atoms with Crippen molar-refractivity contribution >= 4 is 11.7 Å². The van der Waals surface area contributed by atoms with E-state index in [9.17, 15) is 4.79 Å². The molecule has 1 saturated carbocycles. The van der Waals surface area contributed by atoms with Gasteiger partial charge in [-0.3, -0.25) is 4.79 Å². The molecule has 1 aromatic rings. The molecule has 0 atom stereocenters. The molecule has 108 valence electrons. The fourth-order valence-corrected chi connectivity index (χ4v) is 3.25. The van der Waals surface area contributed by atoms with Crippen molar-refractivity contribution in [2.24, 2.45) is 0 Å². The molecule has 0 saturated heterocycles. The van der Waals surface area contributed by atoms with Crippen LogP contribution in [-0.2, 0) is 13.1 Å². The van der Waals surface area contributed by atoms with Gasteiger partial charge in [-0.25, -0.2) is 4.98 Å². The SMILES string of the molecule is CNCc1nc(N(C)C2CCCC2)cc2c1CNC2=O. The number of rotatable bonds is 4. The van der Waals surface area contributed by atoms with Crippen LogP contribution >= 0.6 is 0 Å². The van der Waals surface area contributed by atoms with Crippen molar-refractivity contribution in [2.75, 3.05) is 19.0 Å². The van der Waals surface area contributed by atoms with Gasteiger partial charge < -0.3 is 15.5 Å². The van der Waals surface area contributed by atoms with Gasteiger partial charge in [0.25, 0.3) is 5.91 Å². The van der Waals surface area contributed by atoms with Gasteiger partial charge in [0.2, 0.25) is 0 Å². The molecule has 2 heterocycles. The highest BCUT2D eigenvalue weighted by Crippen LogP contribution is 2.29. The molecule has 5 nitrogen and oxygen atoms in total. The first-order valence-corrected chi connectivity index (χ1v) is 7.39. The fraction of sp³-hybridized carbons (Fsp3) is 0.600. The average Bonchev–Trinajstić information content (AvgIpc) is 3.09. The Morgan fingerprint density at radius 3 is 2.90 bits per heavy atom. The van der Waals surface area contributed by atoms with Crippen molar-refractivity contribution in [1.82, 2.24) is 15.6 Å². The highest BCUT2D eigenvalue weighted by atomic mass is 16.1. The van der Waals surface area contributed by atoms with Gasteiger partial charge in [-0.1, -0.05) is 12.8 Å². The Morgan fingerprint density at radius 2 is 2.20 bits per heavy atom. The van der Waals surface area contributed by atoms with Crippen LogP contribution in [0.5, 0.6) is 0 Å². The Bertz CT molecular complexity index is 523. The summed E-state index contributed by atoms with van der Waals surface area (Å²) in [5.41, 5.74) is 2.83. The van der Waals surface area contributed by atoms with Crippen molar-refractivity contribution in [2.45, 2.75) is 44.8 Å². The molecule has 0 unspecified atom stereocenters. The van der Waals surface area contributed by atoms with Crippen molar-refractivity contribution in [3.05, 3.63) is 22.9 Å². The lowest BCUT2D eigenvalue weighted by atomic mass is 10.1. The third-order valence-corrected chi connectivity index (χ3v) is 4.44. The summed E-state index contributed by atoms with van der Waals surface area (Å²) in [6.07, 6.45) is 5.04. The Labute approximate surface area is 119 Å². The minimum absolute atomic E-state index is 0.0285. The topological polar surface area (TPSA) is 57.3 Å². The Morgan fingerprint density at radius 1 is 1.45 bits per heavy atom. The molecule has 2 aliphatic rings. The zero-order valence-electron chi connectivity index (χ0n) is 12.2.